The summed E-state index contributed by atoms with van der Waals surface area (Å²) in [5.41, 5.74) is 8.02. The molecule has 0 atom stereocenters. The average Bonchev–Trinajstić information content (AvgIpc) is 2.19. The van der Waals surface area contributed by atoms with Crippen molar-refractivity contribution in [2.45, 2.75) is 6.92 Å². The zero-order chi connectivity index (χ0) is 11.0. The van der Waals surface area contributed by atoms with E-state index >= 15 is 0 Å². The molecule has 0 bridgehead atoms. The summed E-state index contributed by atoms with van der Waals surface area (Å²) in [5.74, 6) is 0.688. The number of anilines is 1. The molecule has 0 spiro atoms. The second-order valence-corrected chi connectivity index (χ2v) is 3.77. The maximum Gasteiger partial charge on any atom is 0.121 e. The standard InChI is InChI=1S/C11H11ClN2O/c1-6-3-9(12)8-4-7(15-2)5-10(13)11(8)14-6/h3-5H,13H2,1-2H3. The van der Waals surface area contributed by atoms with Gasteiger partial charge in [-0.05, 0) is 19.1 Å². The first-order valence-electron chi connectivity index (χ1n) is 4.52. The molecule has 0 saturated carbocycles. The molecule has 0 unspecified atom stereocenters. The van der Waals surface area contributed by atoms with Gasteiger partial charge in [0.2, 0.25) is 0 Å². The Morgan fingerprint density at radius 3 is 2.73 bits per heavy atom. The van der Waals surface area contributed by atoms with Crippen LogP contribution in [0.25, 0.3) is 10.9 Å². The van der Waals surface area contributed by atoms with E-state index < -0.39 is 0 Å². The first kappa shape index (κ1) is 10.1. The minimum atomic E-state index is 0.579. The van der Waals surface area contributed by atoms with Crippen LogP contribution in [-0.2, 0) is 0 Å². The lowest BCUT2D eigenvalue weighted by Crippen LogP contribution is -1.94. The van der Waals surface area contributed by atoms with Crippen molar-refractivity contribution >= 4 is 28.2 Å². The molecule has 2 N–H and O–H groups in total. The van der Waals surface area contributed by atoms with Gasteiger partial charge in [0.15, 0.2) is 0 Å². The van der Waals surface area contributed by atoms with Crippen LogP contribution in [0.5, 0.6) is 5.75 Å². The number of ether oxygens (including phenoxy) is 1. The Labute approximate surface area is 92.8 Å². The van der Waals surface area contributed by atoms with E-state index in [0.717, 1.165) is 16.6 Å². The quantitative estimate of drug-likeness (QED) is 0.755. The van der Waals surface area contributed by atoms with E-state index in [-0.39, 0.29) is 0 Å². The molecule has 1 heterocycles. The van der Waals surface area contributed by atoms with Gasteiger partial charge in [-0.1, -0.05) is 11.6 Å². The van der Waals surface area contributed by atoms with E-state index in [9.17, 15) is 0 Å². The summed E-state index contributed by atoms with van der Waals surface area (Å²) in [6, 6.07) is 5.38. The van der Waals surface area contributed by atoms with Crippen LogP contribution < -0.4 is 10.5 Å². The van der Waals surface area contributed by atoms with Crippen LogP contribution in [-0.4, -0.2) is 12.1 Å². The molecular formula is C11H11ClN2O. The van der Waals surface area contributed by atoms with Crippen molar-refractivity contribution in [2.75, 3.05) is 12.8 Å². The zero-order valence-electron chi connectivity index (χ0n) is 8.54. The fourth-order valence-electron chi connectivity index (χ4n) is 1.52. The molecule has 0 amide bonds. The van der Waals surface area contributed by atoms with Crippen molar-refractivity contribution in [2.24, 2.45) is 0 Å². The van der Waals surface area contributed by atoms with Crippen LogP contribution in [0.4, 0.5) is 5.69 Å². The van der Waals surface area contributed by atoms with Crippen LogP contribution in [0.3, 0.4) is 0 Å². The van der Waals surface area contributed by atoms with Crippen molar-refractivity contribution in [3.63, 3.8) is 0 Å². The average molecular weight is 223 g/mol. The predicted octanol–water partition coefficient (Wildman–Crippen LogP) is 2.79. The predicted molar refractivity (Wildman–Crippen MR) is 62.5 cm³/mol. The number of methoxy groups -OCH3 is 1. The minimum absolute atomic E-state index is 0.579. The van der Waals surface area contributed by atoms with E-state index in [0.29, 0.717) is 16.5 Å². The summed E-state index contributed by atoms with van der Waals surface area (Å²) in [6.45, 7) is 1.88. The Hall–Kier alpha value is -1.48. The molecule has 78 valence electrons. The number of aryl methyl sites for hydroxylation is 1. The van der Waals surface area contributed by atoms with E-state index in [4.69, 9.17) is 22.1 Å². The summed E-state index contributed by atoms with van der Waals surface area (Å²) in [4.78, 5) is 4.35. The molecule has 0 radical (unpaired) electrons. The van der Waals surface area contributed by atoms with Crippen LogP contribution in [0.1, 0.15) is 5.69 Å². The number of aromatic nitrogens is 1. The Kier molecular flexibility index (Phi) is 2.40. The topological polar surface area (TPSA) is 48.1 Å². The Bertz CT molecular complexity index is 525. The van der Waals surface area contributed by atoms with Gasteiger partial charge in [0, 0.05) is 17.1 Å². The monoisotopic (exact) mass is 222 g/mol. The van der Waals surface area contributed by atoms with E-state index in [1.54, 1.807) is 13.2 Å². The Morgan fingerprint density at radius 1 is 1.33 bits per heavy atom. The van der Waals surface area contributed by atoms with Crippen LogP contribution >= 0.6 is 11.6 Å². The van der Waals surface area contributed by atoms with E-state index in [1.165, 1.54) is 0 Å². The van der Waals surface area contributed by atoms with Crippen molar-refractivity contribution < 1.29 is 4.74 Å². The van der Waals surface area contributed by atoms with Crippen molar-refractivity contribution in [1.82, 2.24) is 4.98 Å². The van der Waals surface area contributed by atoms with Gasteiger partial charge in [0.05, 0.1) is 23.3 Å². The van der Waals surface area contributed by atoms with Gasteiger partial charge in [0.25, 0.3) is 0 Å². The second-order valence-electron chi connectivity index (χ2n) is 3.36. The minimum Gasteiger partial charge on any atom is -0.497 e. The number of fused-ring (bicyclic) bond motifs is 1. The summed E-state index contributed by atoms with van der Waals surface area (Å²) < 4.78 is 5.12. The largest absolute Gasteiger partial charge is 0.497 e. The molecule has 0 aliphatic rings. The molecule has 0 aliphatic carbocycles. The highest BCUT2D eigenvalue weighted by atomic mass is 35.5. The first-order chi connectivity index (χ1) is 7.11. The number of nitrogen functional groups attached to an aromatic ring is 1. The zero-order valence-corrected chi connectivity index (χ0v) is 9.30. The number of benzene rings is 1. The third-order valence-electron chi connectivity index (χ3n) is 2.23. The number of nitrogens with zero attached hydrogens (tertiary/aromatic N) is 1. The molecule has 2 rings (SSSR count). The van der Waals surface area contributed by atoms with Crippen LogP contribution in [0.2, 0.25) is 5.02 Å². The molecule has 0 fully saturated rings. The summed E-state index contributed by atoms with van der Waals surface area (Å²) in [5, 5.41) is 1.46. The van der Waals surface area contributed by atoms with Gasteiger partial charge >= 0.3 is 0 Å². The molecule has 1 aromatic heterocycles. The van der Waals surface area contributed by atoms with Crippen LogP contribution in [0.15, 0.2) is 18.2 Å². The molecule has 1 aromatic carbocycles. The highest BCUT2D eigenvalue weighted by molar-refractivity contribution is 6.35. The summed E-state index contributed by atoms with van der Waals surface area (Å²) >= 11 is 6.11. The maximum atomic E-state index is 6.11. The molecule has 0 aliphatic heterocycles. The maximum absolute atomic E-state index is 6.11. The molecule has 4 heteroatoms. The normalized spacial score (nSPS) is 10.6. The van der Waals surface area contributed by atoms with E-state index in [1.807, 2.05) is 19.1 Å². The second kappa shape index (κ2) is 3.59. The molecule has 3 nitrogen and oxygen atoms in total. The van der Waals surface area contributed by atoms with Crippen molar-refractivity contribution in [3.05, 3.63) is 28.9 Å². The molecule has 0 saturated heterocycles. The van der Waals surface area contributed by atoms with Crippen molar-refractivity contribution in [3.8, 4) is 5.75 Å². The molecular weight excluding hydrogens is 212 g/mol. The summed E-state index contributed by atoms with van der Waals surface area (Å²) in [7, 11) is 1.59. The third-order valence-corrected chi connectivity index (χ3v) is 2.54. The number of pyridine rings is 1. The number of hydrogen-bond donors (Lipinski definition) is 1. The highest BCUT2D eigenvalue weighted by Crippen LogP contribution is 2.31. The van der Waals surface area contributed by atoms with Crippen molar-refractivity contribution in [1.29, 1.82) is 0 Å². The van der Waals surface area contributed by atoms with Gasteiger partial charge in [-0.3, -0.25) is 4.98 Å². The lowest BCUT2D eigenvalue weighted by atomic mass is 10.1. The number of hydrogen-bond acceptors (Lipinski definition) is 3. The van der Waals surface area contributed by atoms with Gasteiger partial charge in [-0.2, -0.15) is 0 Å². The van der Waals surface area contributed by atoms with Gasteiger partial charge in [-0.15, -0.1) is 0 Å². The summed E-state index contributed by atoms with van der Waals surface area (Å²) in [6.07, 6.45) is 0. The molecule has 15 heavy (non-hydrogen) atoms. The van der Waals surface area contributed by atoms with Gasteiger partial charge in [0.1, 0.15) is 5.75 Å². The fraction of sp³-hybridized carbons (Fsp3) is 0.182. The SMILES string of the molecule is COc1cc(N)c2nc(C)cc(Cl)c2c1. The lowest BCUT2D eigenvalue weighted by Gasteiger charge is -2.07. The Morgan fingerprint density at radius 2 is 2.07 bits per heavy atom. The number of rotatable bonds is 1. The fourth-order valence-corrected chi connectivity index (χ4v) is 1.83. The van der Waals surface area contributed by atoms with Gasteiger partial charge < -0.3 is 10.5 Å². The van der Waals surface area contributed by atoms with Crippen LogP contribution in [0, 0.1) is 6.92 Å². The van der Waals surface area contributed by atoms with E-state index in [2.05, 4.69) is 4.98 Å². The lowest BCUT2D eigenvalue weighted by molar-refractivity contribution is 0.415. The van der Waals surface area contributed by atoms with Gasteiger partial charge in [-0.25, -0.2) is 0 Å². The highest BCUT2D eigenvalue weighted by Gasteiger charge is 2.07. The molecule has 2 aromatic rings. The smallest absolute Gasteiger partial charge is 0.121 e. The first-order valence-corrected chi connectivity index (χ1v) is 4.90. The number of halogens is 1. The number of nitrogens with two attached hydrogens (primary N) is 1. The third kappa shape index (κ3) is 1.70. The Balaban J connectivity index is 2.85.